The molecule has 1 aromatic carbocycles. The Hall–Kier alpha value is -2.32. The van der Waals surface area contributed by atoms with Crippen molar-refractivity contribution in [2.45, 2.75) is 57.7 Å². The maximum Gasteiger partial charge on any atom is 0.319 e. The maximum absolute atomic E-state index is 13.3. The second kappa shape index (κ2) is 10.8. The van der Waals surface area contributed by atoms with Crippen LogP contribution in [-0.2, 0) is 4.74 Å². The van der Waals surface area contributed by atoms with Gasteiger partial charge in [0.2, 0.25) is 0 Å². The zero-order valence-corrected chi connectivity index (χ0v) is 19.1. The monoisotopic (exact) mass is 432 g/mol. The molecular formula is C23H36N4O4. The fourth-order valence-electron chi connectivity index (χ4n) is 4.16. The van der Waals surface area contributed by atoms with E-state index in [9.17, 15) is 9.59 Å². The number of ether oxygens (including phenoxy) is 2. The lowest BCUT2D eigenvalue weighted by Crippen LogP contribution is -2.44. The van der Waals surface area contributed by atoms with Crippen molar-refractivity contribution in [2.75, 3.05) is 39.2 Å². The lowest BCUT2D eigenvalue weighted by molar-refractivity contribution is 0.0281. The fourth-order valence-corrected chi connectivity index (χ4v) is 4.16. The van der Waals surface area contributed by atoms with Crippen LogP contribution in [0.5, 0.6) is 5.75 Å². The molecule has 0 saturated heterocycles. The number of fused-ring (bicyclic) bond motifs is 1. The molecule has 1 heterocycles. The number of methoxy groups -OCH3 is 1. The van der Waals surface area contributed by atoms with Gasteiger partial charge < -0.3 is 30.3 Å². The van der Waals surface area contributed by atoms with E-state index in [2.05, 4.69) is 29.8 Å². The molecule has 3 amide bonds. The van der Waals surface area contributed by atoms with Gasteiger partial charge in [0.1, 0.15) is 12.4 Å². The summed E-state index contributed by atoms with van der Waals surface area (Å²) in [6, 6.07) is 5.31. The van der Waals surface area contributed by atoms with E-state index in [-0.39, 0.29) is 36.0 Å². The molecule has 31 heavy (non-hydrogen) atoms. The number of nitrogens with one attached hydrogen (secondary N) is 3. The van der Waals surface area contributed by atoms with Gasteiger partial charge in [-0.05, 0) is 43.9 Å². The molecule has 1 aliphatic carbocycles. The number of urea groups is 1. The van der Waals surface area contributed by atoms with Crippen LogP contribution in [0.2, 0.25) is 0 Å². The third kappa shape index (κ3) is 6.33. The SMILES string of the molecule is CO[C@@H]1CN(C)C(=O)c2cc(NC(=O)NC3CCCC3)ccc2OC[C@H](C)NC[C@H]1C. The summed E-state index contributed by atoms with van der Waals surface area (Å²) in [6.45, 7) is 5.83. The molecule has 8 nitrogen and oxygen atoms in total. The third-order valence-electron chi connectivity index (χ3n) is 6.17. The largest absolute Gasteiger partial charge is 0.491 e. The molecule has 0 aromatic heterocycles. The lowest BCUT2D eigenvalue weighted by Gasteiger charge is -2.30. The summed E-state index contributed by atoms with van der Waals surface area (Å²) in [6.07, 6.45) is 4.24. The number of hydrogen-bond acceptors (Lipinski definition) is 5. The Morgan fingerprint density at radius 2 is 2.00 bits per heavy atom. The van der Waals surface area contributed by atoms with E-state index in [4.69, 9.17) is 9.47 Å². The Morgan fingerprint density at radius 1 is 1.26 bits per heavy atom. The van der Waals surface area contributed by atoms with E-state index >= 15 is 0 Å². The standard InChI is InChI=1S/C23H36N4O4/c1-15-12-24-16(2)14-31-20-10-9-18(26-23(29)25-17-7-5-6-8-17)11-19(20)22(28)27(3)13-21(15)30-4/h9-11,15-17,21,24H,5-8,12-14H2,1-4H3,(H2,25,26,29)/t15-,16+,21-/m1/s1. The molecule has 3 N–H and O–H groups in total. The zero-order valence-electron chi connectivity index (χ0n) is 19.1. The summed E-state index contributed by atoms with van der Waals surface area (Å²) in [5, 5.41) is 9.34. The van der Waals surface area contributed by atoms with E-state index in [1.165, 1.54) is 0 Å². The van der Waals surface area contributed by atoms with Gasteiger partial charge in [-0.25, -0.2) is 4.79 Å². The smallest absolute Gasteiger partial charge is 0.319 e. The molecular weight excluding hydrogens is 396 g/mol. The first kappa shape index (κ1) is 23.3. The molecule has 1 fully saturated rings. The quantitative estimate of drug-likeness (QED) is 0.683. The van der Waals surface area contributed by atoms with Crippen molar-refractivity contribution in [3.8, 4) is 5.75 Å². The minimum Gasteiger partial charge on any atom is -0.491 e. The van der Waals surface area contributed by atoms with Gasteiger partial charge in [-0.15, -0.1) is 0 Å². The average Bonchev–Trinajstić information content (AvgIpc) is 3.26. The topological polar surface area (TPSA) is 91.9 Å². The number of hydrogen-bond donors (Lipinski definition) is 3. The van der Waals surface area contributed by atoms with Crippen LogP contribution >= 0.6 is 0 Å². The van der Waals surface area contributed by atoms with Gasteiger partial charge in [0.25, 0.3) is 5.91 Å². The van der Waals surface area contributed by atoms with Gasteiger partial charge >= 0.3 is 6.03 Å². The summed E-state index contributed by atoms with van der Waals surface area (Å²) in [4.78, 5) is 27.3. The lowest BCUT2D eigenvalue weighted by atomic mass is 10.0. The molecule has 8 heteroatoms. The van der Waals surface area contributed by atoms with Crippen LogP contribution in [0.3, 0.4) is 0 Å². The Labute approximate surface area is 185 Å². The molecule has 3 atom stereocenters. The molecule has 2 aliphatic rings. The van der Waals surface area contributed by atoms with Crippen LogP contribution in [0.1, 0.15) is 49.9 Å². The predicted octanol–water partition coefficient (Wildman–Crippen LogP) is 2.84. The van der Waals surface area contributed by atoms with Gasteiger partial charge in [-0.3, -0.25) is 4.79 Å². The summed E-state index contributed by atoms with van der Waals surface area (Å²) < 4.78 is 11.6. The van der Waals surface area contributed by atoms with Crippen molar-refractivity contribution in [1.82, 2.24) is 15.5 Å². The van der Waals surface area contributed by atoms with E-state index in [1.54, 1.807) is 37.3 Å². The summed E-state index contributed by atoms with van der Waals surface area (Å²) in [5.74, 6) is 0.578. The molecule has 0 radical (unpaired) electrons. The molecule has 3 rings (SSSR count). The Morgan fingerprint density at radius 3 is 2.71 bits per heavy atom. The van der Waals surface area contributed by atoms with Gasteiger partial charge in [0.15, 0.2) is 0 Å². The van der Waals surface area contributed by atoms with Crippen molar-refractivity contribution in [1.29, 1.82) is 0 Å². The first-order chi connectivity index (χ1) is 14.9. The highest BCUT2D eigenvalue weighted by atomic mass is 16.5. The summed E-state index contributed by atoms with van der Waals surface area (Å²) in [5.41, 5.74) is 0.992. The molecule has 1 saturated carbocycles. The number of rotatable bonds is 3. The molecule has 1 aromatic rings. The normalized spacial score (nSPS) is 25.7. The Bertz CT molecular complexity index is 766. The average molecular weight is 433 g/mol. The summed E-state index contributed by atoms with van der Waals surface area (Å²) in [7, 11) is 3.44. The number of amides is 3. The number of likely N-dealkylation sites (N-methyl/N-ethyl adjacent to an activating group) is 1. The van der Waals surface area contributed by atoms with Crippen LogP contribution in [0.4, 0.5) is 10.5 Å². The van der Waals surface area contributed by atoms with Gasteiger partial charge in [0.05, 0.1) is 11.7 Å². The van der Waals surface area contributed by atoms with Crippen molar-refractivity contribution in [3.05, 3.63) is 23.8 Å². The minimum atomic E-state index is -0.243. The number of anilines is 1. The number of carbonyl (C=O) groups is 2. The molecule has 0 spiro atoms. The van der Waals surface area contributed by atoms with Gasteiger partial charge in [-0.1, -0.05) is 19.8 Å². The van der Waals surface area contributed by atoms with Crippen LogP contribution in [0.25, 0.3) is 0 Å². The van der Waals surface area contributed by atoms with E-state index in [1.807, 2.05) is 0 Å². The van der Waals surface area contributed by atoms with Crippen LogP contribution in [0, 0.1) is 5.92 Å². The zero-order chi connectivity index (χ0) is 22.4. The van der Waals surface area contributed by atoms with Crippen LogP contribution in [0.15, 0.2) is 18.2 Å². The molecule has 0 bridgehead atoms. The third-order valence-corrected chi connectivity index (χ3v) is 6.17. The second-order valence-corrected chi connectivity index (χ2v) is 8.85. The predicted molar refractivity (Wildman–Crippen MR) is 121 cm³/mol. The van der Waals surface area contributed by atoms with Crippen molar-refractivity contribution < 1.29 is 19.1 Å². The highest BCUT2D eigenvalue weighted by Crippen LogP contribution is 2.26. The molecule has 0 unspecified atom stereocenters. The second-order valence-electron chi connectivity index (χ2n) is 8.85. The van der Waals surface area contributed by atoms with Crippen molar-refractivity contribution in [2.24, 2.45) is 5.92 Å². The number of nitrogens with zero attached hydrogens (tertiary/aromatic N) is 1. The number of benzene rings is 1. The Kier molecular flexibility index (Phi) is 8.15. The summed E-state index contributed by atoms with van der Waals surface area (Å²) >= 11 is 0. The highest BCUT2D eigenvalue weighted by Gasteiger charge is 2.26. The first-order valence-electron chi connectivity index (χ1n) is 11.2. The van der Waals surface area contributed by atoms with Gasteiger partial charge in [0, 0.05) is 45.0 Å². The van der Waals surface area contributed by atoms with Crippen LogP contribution < -0.4 is 20.7 Å². The van der Waals surface area contributed by atoms with Gasteiger partial charge in [-0.2, -0.15) is 0 Å². The van der Waals surface area contributed by atoms with Crippen molar-refractivity contribution >= 4 is 17.6 Å². The van der Waals surface area contributed by atoms with Crippen molar-refractivity contribution in [3.63, 3.8) is 0 Å². The first-order valence-corrected chi connectivity index (χ1v) is 11.2. The highest BCUT2D eigenvalue weighted by molar-refractivity contribution is 5.99. The van der Waals surface area contributed by atoms with E-state index in [0.717, 1.165) is 32.2 Å². The van der Waals surface area contributed by atoms with E-state index < -0.39 is 0 Å². The molecule has 172 valence electrons. The molecule has 1 aliphatic heterocycles. The number of carbonyl (C=O) groups excluding carboxylic acids is 2. The maximum atomic E-state index is 13.3. The minimum absolute atomic E-state index is 0.0871. The fraction of sp³-hybridized carbons (Fsp3) is 0.652. The van der Waals surface area contributed by atoms with Crippen LogP contribution in [-0.4, -0.2) is 68.9 Å². The van der Waals surface area contributed by atoms with E-state index in [0.29, 0.717) is 30.2 Å². The Balaban J connectivity index is 1.80.